The number of thioether (sulfide) groups is 1. The molecule has 18 heavy (non-hydrogen) atoms. The summed E-state index contributed by atoms with van der Waals surface area (Å²) in [6.45, 7) is 0.369. The summed E-state index contributed by atoms with van der Waals surface area (Å²) in [6.07, 6.45) is -4.41. The molecule has 1 amide bonds. The topological polar surface area (TPSA) is 20.3 Å². The molecule has 0 radical (unpaired) electrons. The summed E-state index contributed by atoms with van der Waals surface area (Å²) in [5.74, 6) is 0.239. The SMILES string of the molecule is O=C1C(Cl)SCCN1c1cccc(C(F)(F)F)c1. The van der Waals surface area contributed by atoms with Gasteiger partial charge in [-0.1, -0.05) is 6.07 Å². The summed E-state index contributed by atoms with van der Waals surface area (Å²) in [5.41, 5.74) is -0.530. The molecule has 1 aliphatic heterocycles. The standard InChI is InChI=1S/C11H9ClF3NOS/c12-9-10(17)16(4-5-18-9)8-3-1-2-7(6-8)11(13,14)15/h1-3,6,9H,4-5H2. The second-order valence-electron chi connectivity index (χ2n) is 3.72. The molecule has 1 aromatic carbocycles. The molecule has 1 atom stereocenters. The number of amides is 1. The zero-order valence-electron chi connectivity index (χ0n) is 9.08. The third-order valence-electron chi connectivity index (χ3n) is 2.52. The molecule has 1 unspecified atom stereocenters. The van der Waals surface area contributed by atoms with Gasteiger partial charge in [-0.25, -0.2) is 0 Å². The van der Waals surface area contributed by atoms with Crippen LogP contribution in [0.3, 0.4) is 0 Å². The molecule has 2 nitrogen and oxygen atoms in total. The van der Waals surface area contributed by atoms with Gasteiger partial charge < -0.3 is 4.90 Å². The molecule has 0 aromatic heterocycles. The number of benzene rings is 1. The summed E-state index contributed by atoms with van der Waals surface area (Å²) in [6, 6.07) is 4.71. The van der Waals surface area contributed by atoms with Crippen LogP contribution in [0, 0.1) is 0 Å². The summed E-state index contributed by atoms with van der Waals surface area (Å²) >= 11 is 7.08. The van der Waals surface area contributed by atoms with Crippen LogP contribution in [0.25, 0.3) is 0 Å². The Morgan fingerprint density at radius 3 is 2.78 bits per heavy atom. The van der Waals surface area contributed by atoms with E-state index in [1.165, 1.54) is 28.8 Å². The van der Waals surface area contributed by atoms with Gasteiger partial charge in [-0.05, 0) is 18.2 Å². The van der Waals surface area contributed by atoms with E-state index in [4.69, 9.17) is 11.6 Å². The highest BCUT2D eigenvalue weighted by Crippen LogP contribution is 2.33. The highest BCUT2D eigenvalue weighted by atomic mass is 35.5. The molecule has 1 fully saturated rings. The van der Waals surface area contributed by atoms with Crippen LogP contribution < -0.4 is 4.90 Å². The summed E-state index contributed by atoms with van der Waals surface area (Å²) < 4.78 is 37.0. The molecule has 2 rings (SSSR count). The molecule has 0 spiro atoms. The molecule has 1 saturated heterocycles. The molecule has 1 aliphatic rings. The largest absolute Gasteiger partial charge is 0.416 e. The van der Waals surface area contributed by atoms with Gasteiger partial charge in [-0.15, -0.1) is 23.4 Å². The number of hydrogen-bond donors (Lipinski definition) is 0. The quantitative estimate of drug-likeness (QED) is 0.741. The van der Waals surface area contributed by atoms with Crippen LogP contribution in [0.5, 0.6) is 0 Å². The third kappa shape index (κ3) is 2.75. The van der Waals surface area contributed by atoms with Crippen LogP contribution in [0.1, 0.15) is 5.56 Å². The van der Waals surface area contributed by atoms with E-state index in [1.54, 1.807) is 0 Å². The minimum absolute atomic E-state index is 0.237. The second-order valence-corrected chi connectivity index (χ2v) is 5.63. The van der Waals surface area contributed by atoms with Crippen LogP contribution in [-0.2, 0) is 11.0 Å². The Labute approximate surface area is 111 Å². The number of carbonyl (C=O) groups is 1. The predicted molar refractivity (Wildman–Crippen MR) is 65.9 cm³/mol. The molecule has 0 saturated carbocycles. The fourth-order valence-electron chi connectivity index (χ4n) is 1.66. The molecule has 1 aromatic rings. The molecule has 0 bridgehead atoms. The Morgan fingerprint density at radius 1 is 1.39 bits per heavy atom. The average molecular weight is 296 g/mol. The van der Waals surface area contributed by atoms with Gasteiger partial charge in [0.15, 0.2) is 4.71 Å². The van der Waals surface area contributed by atoms with Crippen molar-refractivity contribution in [1.29, 1.82) is 0 Å². The van der Waals surface area contributed by atoms with Gasteiger partial charge in [0, 0.05) is 18.0 Å². The number of halogens is 4. The highest BCUT2D eigenvalue weighted by molar-refractivity contribution is 8.02. The van der Waals surface area contributed by atoms with Gasteiger partial charge in [0.2, 0.25) is 0 Å². The van der Waals surface area contributed by atoms with Crippen molar-refractivity contribution < 1.29 is 18.0 Å². The Kier molecular flexibility index (Phi) is 3.77. The maximum Gasteiger partial charge on any atom is 0.416 e. The van der Waals surface area contributed by atoms with Crippen LogP contribution in [0.4, 0.5) is 18.9 Å². The molecule has 7 heteroatoms. The first-order chi connectivity index (χ1) is 8.39. The highest BCUT2D eigenvalue weighted by Gasteiger charge is 2.33. The van der Waals surface area contributed by atoms with Crippen molar-refractivity contribution >= 4 is 35.0 Å². The van der Waals surface area contributed by atoms with Crippen molar-refractivity contribution in [1.82, 2.24) is 0 Å². The van der Waals surface area contributed by atoms with Crippen molar-refractivity contribution in [2.75, 3.05) is 17.2 Å². The van der Waals surface area contributed by atoms with Gasteiger partial charge in [-0.3, -0.25) is 4.79 Å². The van der Waals surface area contributed by atoms with Gasteiger partial charge in [0.05, 0.1) is 5.56 Å². The Balaban J connectivity index is 2.31. The maximum absolute atomic E-state index is 12.6. The average Bonchev–Trinajstić information content (AvgIpc) is 2.32. The molecule has 0 aliphatic carbocycles. The third-order valence-corrected chi connectivity index (χ3v) is 4.00. The van der Waals surface area contributed by atoms with Crippen molar-refractivity contribution in [3.05, 3.63) is 29.8 Å². The number of nitrogens with zero attached hydrogens (tertiary/aromatic N) is 1. The second kappa shape index (κ2) is 5.01. The van der Waals surface area contributed by atoms with E-state index < -0.39 is 16.4 Å². The first-order valence-corrected chi connectivity index (χ1v) is 6.62. The van der Waals surface area contributed by atoms with E-state index in [0.717, 1.165) is 12.1 Å². The lowest BCUT2D eigenvalue weighted by atomic mass is 10.2. The smallest absolute Gasteiger partial charge is 0.310 e. The molecular weight excluding hydrogens is 287 g/mol. The first-order valence-electron chi connectivity index (χ1n) is 5.14. The Bertz CT molecular complexity index is 466. The van der Waals surface area contributed by atoms with E-state index in [9.17, 15) is 18.0 Å². The van der Waals surface area contributed by atoms with Crippen molar-refractivity contribution in [2.24, 2.45) is 0 Å². The lowest BCUT2D eigenvalue weighted by Crippen LogP contribution is -2.41. The molecular formula is C11H9ClF3NOS. The van der Waals surface area contributed by atoms with Gasteiger partial charge in [0.1, 0.15) is 0 Å². The van der Waals surface area contributed by atoms with Crippen LogP contribution in [0.15, 0.2) is 24.3 Å². The molecule has 1 heterocycles. The number of anilines is 1. The molecule has 98 valence electrons. The Morgan fingerprint density at radius 2 is 2.11 bits per heavy atom. The van der Waals surface area contributed by atoms with E-state index in [0.29, 0.717) is 12.3 Å². The van der Waals surface area contributed by atoms with Crippen molar-refractivity contribution in [3.8, 4) is 0 Å². The van der Waals surface area contributed by atoms with Gasteiger partial charge >= 0.3 is 6.18 Å². The minimum atomic E-state index is -4.41. The first kappa shape index (κ1) is 13.5. The molecule has 0 N–H and O–H groups in total. The lowest BCUT2D eigenvalue weighted by Gasteiger charge is -2.29. The van der Waals surface area contributed by atoms with E-state index in [-0.39, 0.29) is 11.6 Å². The maximum atomic E-state index is 12.6. The zero-order valence-corrected chi connectivity index (χ0v) is 10.6. The van der Waals surface area contributed by atoms with E-state index >= 15 is 0 Å². The summed E-state index contributed by atoms with van der Waals surface area (Å²) in [5, 5.41) is 0. The lowest BCUT2D eigenvalue weighted by molar-refractivity contribution is -0.137. The van der Waals surface area contributed by atoms with E-state index in [1.807, 2.05) is 0 Å². The predicted octanol–water partition coefficient (Wildman–Crippen LogP) is 3.35. The number of carbonyl (C=O) groups excluding carboxylic acids is 1. The van der Waals surface area contributed by atoms with E-state index in [2.05, 4.69) is 0 Å². The number of alkyl halides is 4. The van der Waals surface area contributed by atoms with Crippen LogP contribution >= 0.6 is 23.4 Å². The fourth-order valence-corrected chi connectivity index (χ4v) is 2.81. The van der Waals surface area contributed by atoms with Crippen LogP contribution in [-0.4, -0.2) is 22.9 Å². The van der Waals surface area contributed by atoms with Gasteiger partial charge in [0.25, 0.3) is 5.91 Å². The number of rotatable bonds is 1. The summed E-state index contributed by atoms with van der Waals surface area (Å²) in [7, 11) is 0. The number of hydrogen-bond acceptors (Lipinski definition) is 2. The monoisotopic (exact) mass is 295 g/mol. The summed E-state index contributed by atoms with van der Waals surface area (Å²) in [4.78, 5) is 13.1. The van der Waals surface area contributed by atoms with Gasteiger partial charge in [-0.2, -0.15) is 13.2 Å². The van der Waals surface area contributed by atoms with Crippen molar-refractivity contribution in [2.45, 2.75) is 10.9 Å². The Hall–Kier alpha value is -0.880. The normalized spacial score (nSPS) is 21.2. The fraction of sp³-hybridized carbons (Fsp3) is 0.364. The minimum Gasteiger partial charge on any atom is -0.310 e. The van der Waals surface area contributed by atoms with Crippen molar-refractivity contribution in [3.63, 3.8) is 0 Å². The zero-order chi connectivity index (χ0) is 13.3. The van der Waals surface area contributed by atoms with Crippen LogP contribution in [0.2, 0.25) is 0 Å².